The molecule has 0 aliphatic heterocycles. The molecule has 0 aromatic heterocycles. The molecule has 0 fully saturated rings. The first-order chi connectivity index (χ1) is 7.19. The largest absolute Gasteiger partial charge is 0.501 e. The quantitative estimate of drug-likeness (QED) is 0.551. The van der Waals surface area contributed by atoms with E-state index < -0.39 is 0 Å². The lowest BCUT2D eigenvalue weighted by atomic mass is 10.1. The van der Waals surface area contributed by atoms with Crippen molar-refractivity contribution in [2.45, 2.75) is 13.8 Å². The minimum atomic E-state index is 0.572. The first kappa shape index (κ1) is 11.6. The maximum absolute atomic E-state index is 7.00. The van der Waals surface area contributed by atoms with E-state index >= 15 is 0 Å². The molecule has 0 saturated heterocycles. The molecular weight excluding hydrogens is 210 g/mol. The van der Waals surface area contributed by atoms with E-state index in [2.05, 4.69) is 4.85 Å². The number of rotatable bonds is 3. The minimum absolute atomic E-state index is 0.572. The van der Waals surface area contributed by atoms with Gasteiger partial charge in [-0.1, -0.05) is 11.6 Å². The Hall–Kier alpha value is -1.46. The summed E-state index contributed by atoms with van der Waals surface area (Å²) in [5.41, 5.74) is 2.42. The highest BCUT2D eigenvalue weighted by atomic mass is 35.5. The average Bonchev–Trinajstić information content (AvgIpc) is 2.23. The second-order valence-corrected chi connectivity index (χ2v) is 3.45. The second-order valence-electron chi connectivity index (χ2n) is 3.01. The van der Waals surface area contributed by atoms with Gasteiger partial charge >= 0.3 is 0 Å². The lowest BCUT2D eigenvalue weighted by Crippen LogP contribution is -1.83. The Balaban J connectivity index is 3.08. The van der Waals surface area contributed by atoms with Crippen LogP contribution in [0.2, 0.25) is 5.02 Å². The molecule has 0 aliphatic rings. The number of halogens is 1. The highest BCUT2D eigenvalue weighted by Gasteiger charge is 2.03. The van der Waals surface area contributed by atoms with Gasteiger partial charge in [-0.3, -0.25) is 0 Å². The van der Waals surface area contributed by atoms with Crippen LogP contribution in [0.4, 0.5) is 5.69 Å². The van der Waals surface area contributed by atoms with E-state index in [-0.39, 0.29) is 0 Å². The zero-order valence-electron chi connectivity index (χ0n) is 8.75. The van der Waals surface area contributed by atoms with Gasteiger partial charge in [-0.15, -0.1) is 0 Å². The molecule has 0 saturated carbocycles. The maximum atomic E-state index is 7.00. The van der Waals surface area contributed by atoms with E-state index in [0.717, 1.165) is 11.1 Å². The summed E-state index contributed by atoms with van der Waals surface area (Å²) in [5, 5.41) is 0.572. The number of hydrogen-bond donors (Lipinski definition) is 0. The summed E-state index contributed by atoms with van der Waals surface area (Å²) in [6.07, 6.45) is 3.44. The summed E-state index contributed by atoms with van der Waals surface area (Å²) in [6, 6.07) is 3.49. The van der Waals surface area contributed by atoms with Crippen molar-refractivity contribution in [1.82, 2.24) is 0 Å². The van der Waals surface area contributed by atoms with Crippen molar-refractivity contribution >= 4 is 23.4 Å². The van der Waals surface area contributed by atoms with E-state index in [1.54, 1.807) is 12.3 Å². The van der Waals surface area contributed by atoms with Crippen LogP contribution in [-0.4, -0.2) is 6.61 Å². The summed E-state index contributed by atoms with van der Waals surface area (Å²) in [4.78, 5) is 3.41. The fourth-order valence-corrected chi connectivity index (χ4v) is 1.41. The topological polar surface area (TPSA) is 13.6 Å². The lowest BCUT2D eigenvalue weighted by Gasteiger charge is -2.04. The molecule has 0 radical (unpaired) electrons. The highest BCUT2D eigenvalue weighted by molar-refractivity contribution is 6.31. The second kappa shape index (κ2) is 5.43. The SMILES string of the molecule is [C-]#[N+]c1cc(Cl)cc(/C=C/OCC)c1C. The molecule has 0 bridgehead atoms. The monoisotopic (exact) mass is 221 g/mol. The molecule has 1 aromatic rings. The Morgan fingerprint density at radius 3 is 2.87 bits per heavy atom. The van der Waals surface area contributed by atoms with E-state index in [4.69, 9.17) is 22.9 Å². The van der Waals surface area contributed by atoms with Crippen LogP contribution in [0.1, 0.15) is 18.1 Å². The molecule has 78 valence electrons. The van der Waals surface area contributed by atoms with Crippen LogP contribution in [0.5, 0.6) is 0 Å². The molecule has 0 amide bonds. The van der Waals surface area contributed by atoms with Crippen molar-refractivity contribution in [2.75, 3.05) is 6.61 Å². The molecule has 0 N–H and O–H groups in total. The van der Waals surface area contributed by atoms with Crippen molar-refractivity contribution in [1.29, 1.82) is 0 Å². The van der Waals surface area contributed by atoms with E-state index in [1.165, 1.54) is 0 Å². The fourth-order valence-electron chi connectivity index (χ4n) is 1.19. The Morgan fingerprint density at radius 1 is 1.53 bits per heavy atom. The highest BCUT2D eigenvalue weighted by Crippen LogP contribution is 2.27. The molecule has 0 atom stereocenters. The van der Waals surface area contributed by atoms with Crippen LogP contribution in [0, 0.1) is 13.5 Å². The van der Waals surface area contributed by atoms with Gasteiger partial charge in [0.1, 0.15) is 0 Å². The zero-order chi connectivity index (χ0) is 11.3. The molecular formula is C12H12ClNO. The molecule has 0 heterocycles. The number of benzene rings is 1. The molecule has 15 heavy (non-hydrogen) atoms. The third-order valence-corrected chi connectivity index (χ3v) is 2.23. The molecule has 0 spiro atoms. The van der Waals surface area contributed by atoms with Crippen molar-refractivity contribution in [3.63, 3.8) is 0 Å². The van der Waals surface area contributed by atoms with Crippen molar-refractivity contribution in [3.05, 3.63) is 46.0 Å². The van der Waals surface area contributed by atoms with Gasteiger partial charge in [0.2, 0.25) is 0 Å². The molecule has 1 aromatic carbocycles. The van der Waals surface area contributed by atoms with Gasteiger partial charge in [0, 0.05) is 5.02 Å². The van der Waals surface area contributed by atoms with Gasteiger partial charge in [0.05, 0.1) is 19.4 Å². The van der Waals surface area contributed by atoms with Crippen LogP contribution < -0.4 is 0 Å². The van der Waals surface area contributed by atoms with Crippen LogP contribution >= 0.6 is 11.6 Å². The van der Waals surface area contributed by atoms with Gasteiger partial charge < -0.3 is 4.74 Å². The standard InChI is InChI=1S/C12H12ClNO/c1-4-15-6-5-10-7-11(13)8-12(14-3)9(10)2/h5-8H,4H2,1-2H3/b6-5+. The predicted octanol–water partition coefficient (Wildman–Crippen LogP) is 4.21. The molecule has 0 aliphatic carbocycles. The van der Waals surface area contributed by atoms with Gasteiger partial charge in [-0.05, 0) is 43.2 Å². The summed E-state index contributed by atoms with van der Waals surface area (Å²) >= 11 is 5.90. The molecule has 2 nitrogen and oxygen atoms in total. The Labute approximate surface area is 95.0 Å². The van der Waals surface area contributed by atoms with Crippen molar-refractivity contribution < 1.29 is 4.74 Å². The maximum Gasteiger partial charge on any atom is 0.192 e. The summed E-state index contributed by atoms with van der Waals surface area (Å²) in [6.45, 7) is 11.4. The third kappa shape index (κ3) is 3.00. The smallest absolute Gasteiger partial charge is 0.192 e. The Bertz CT molecular complexity index is 418. The number of hydrogen-bond acceptors (Lipinski definition) is 1. The van der Waals surface area contributed by atoms with Crippen LogP contribution in [0.15, 0.2) is 18.4 Å². The van der Waals surface area contributed by atoms with Crippen LogP contribution in [0.3, 0.4) is 0 Å². The summed E-state index contributed by atoms with van der Waals surface area (Å²) in [5.74, 6) is 0. The lowest BCUT2D eigenvalue weighted by molar-refractivity contribution is 0.272. The van der Waals surface area contributed by atoms with Crippen molar-refractivity contribution in [3.8, 4) is 0 Å². The van der Waals surface area contributed by atoms with Gasteiger partial charge in [0.15, 0.2) is 5.69 Å². The first-order valence-electron chi connectivity index (χ1n) is 4.64. The zero-order valence-corrected chi connectivity index (χ0v) is 9.51. The third-order valence-electron chi connectivity index (χ3n) is 2.02. The first-order valence-corrected chi connectivity index (χ1v) is 5.02. The van der Waals surface area contributed by atoms with Gasteiger partial charge in [-0.2, -0.15) is 0 Å². The Morgan fingerprint density at radius 2 is 2.27 bits per heavy atom. The molecule has 3 heteroatoms. The van der Waals surface area contributed by atoms with Gasteiger partial charge in [-0.25, -0.2) is 4.85 Å². The average molecular weight is 222 g/mol. The molecule has 1 rings (SSSR count). The summed E-state index contributed by atoms with van der Waals surface area (Å²) < 4.78 is 5.10. The fraction of sp³-hybridized carbons (Fsp3) is 0.250. The van der Waals surface area contributed by atoms with Crippen molar-refractivity contribution in [2.24, 2.45) is 0 Å². The Kier molecular flexibility index (Phi) is 4.20. The predicted molar refractivity (Wildman–Crippen MR) is 63.1 cm³/mol. The minimum Gasteiger partial charge on any atom is -0.501 e. The summed E-state index contributed by atoms with van der Waals surface area (Å²) in [7, 11) is 0. The van der Waals surface area contributed by atoms with E-state index in [9.17, 15) is 0 Å². The van der Waals surface area contributed by atoms with Gasteiger partial charge in [0.25, 0.3) is 0 Å². The van der Waals surface area contributed by atoms with Crippen LogP contribution in [0.25, 0.3) is 10.9 Å². The van der Waals surface area contributed by atoms with E-state index in [0.29, 0.717) is 17.3 Å². The van der Waals surface area contributed by atoms with E-state index in [1.807, 2.05) is 26.0 Å². The number of ether oxygens (including phenoxy) is 1. The number of nitrogens with zero attached hydrogens (tertiary/aromatic N) is 1. The normalized spacial score (nSPS) is 10.3. The molecule has 0 unspecified atom stereocenters. The van der Waals surface area contributed by atoms with Crippen LogP contribution in [-0.2, 0) is 4.74 Å².